The van der Waals surface area contributed by atoms with Crippen LogP contribution in [0.3, 0.4) is 0 Å². The summed E-state index contributed by atoms with van der Waals surface area (Å²) < 4.78 is 19.7. The molecule has 1 aromatic heterocycles. The van der Waals surface area contributed by atoms with Gasteiger partial charge in [-0.25, -0.2) is 4.39 Å². The number of carbonyl (C=O) groups excluding carboxylic acids is 3. The Morgan fingerprint density at radius 1 is 1.34 bits per heavy atom. The van der Waals surface area contributed by atoms with Gasteiger partial charge < -0.3 is 25.3 Å². The zero-order valence-electron chi connectivity index (χ0n) is 19.5. The number of hydrogen-bond donors (Lipinski definition) is 3. The maximum absolute atomic E-state index is 14.4. The lowest BCUT2D eigenvalue weighted by atomic mass is 9.92. The number of benzene rings is 1. The predicted octanol–water partition coefficient (Wildman–Crippen LogP) is 2.09. The molecule has 35 heavy (non-hydrogen) atoms. The van der Waals surface area contributed by atoms with Crippen LogP contribution < -0.4 is 15.4 Å². The van der Waals surface area contributed by atoms with Crippen LogP contribution in [0, 0.1) is 34.9 Å². The summed E-state index contributed by atoms with van der Waals surface area (Å²) in [4.78, 5) is 43.4. The Bertz CT molecular complexity index is 1220. The molecule has 184 valence electrons. The Morgan fingerprint density at radius 3 is 2.89 bits per heavy atom. The van der Waals surface area contributed by atoms with Crippen LogP contribution in [0.1, 0.15) is 42.6 Å². The van der Waals surface area contributed by atoms with E-state index >= 15 is 0 Å². The number of carbonyl (C=O) groups is 3. The van der Waals surface area contributed by atoms with Crippen molar-refractivity contribution in [3.05, 3.63) is 29.7 Å². The average molecular weight is 482 g/mol. The van der Waals surface area contributed by atoms with Crippen molar-refractivity contribution in [2.75, 3.05) is 20.2 Å². The standard InChI is InChI=1S/C25H28FN5O4/c1-35-20-6-5-18(26)21-17(20)10-19(30-21)25(34)31-12-14-3-2-4-16(14)22(31)24(33)29-15(11-27)9-13-7-8-28-23(13)32/h5-6,10,13-16,22,30H,2-4,7-9,12H2,1H3,(H,28,32)(H,29,33)/t13-,14-,15-,16-,22-/m0/s1. The van der Waals surface area contributed by atoms with Gasteiger partial charge in [0, 0.05) is 24.4 Å². The number of ether oxygens (including phenoxy) is 1. The van der Waals surface area contributed by atoms with Gasteiger partial charge in [0.15, 0.2) is 0 Å². The zero-order chi connectivity index (χ0) is 24.7. The molecule has 1 aromatic carbocycles. The van der Waals surface area contributed by atoms with Crippen molar-refractivity contribution in [3.63, 3.8) is 0 Å². The number of halogens is 1. The minimum absolute atomic E-state index is 0.00345. The highest BCUT2D eigenvalue weighted by Gasteiger charge is 2.50. The summed E-state index contributed by atoms with van der Waals surface area (Å²) in [5, 5.41) is 15.6. The largest absolute Gasteiger partial charge is 0.496 e. The second kappa shape index (κ2) is 9.21. The molecule has 3 N–H and O–H groups in total. The average Bonchev–Trinajstić information content (AvgIpc) is 3.62. The molecule has 2 aliphatic heterocycles. The fraction of sp³-hybridized carbons (Fsp3) is 0.520. The fourth-order valence-corrected chi connectivity index (χ4v) is 6.01. The van der Waals surface area contributed by atoms with E-state index in [1.165, 1.54) is 19.2 Å². The van der Waals surface area contributed by atoms with E-state index in [9.17, 15) is 24.0 Å². The molecule has 1 saturated carbocycles. The van der Waals surface area contributed by atoms with Gasteiger partial charge in [-0.1, -0.05) is 6.42 Å². The van der Waals surface area contributed by atoms with Gasteiger partial charge in [-0.05, 0) is 55.7 Å². The molecule has 0 bridgehead atoms. The van der Waals surface area contributed by atoms with Gasteiger partial charge in [0.05, 0.1) is 18.7 Å². The van der Waals surface area contributed by atoms with Crippen LogP contribution in [-0.4, -0.2) is 59.9 Å². The summed E-state index contributed by atoms with van der Waals surface area (Å²) in [6.07, 6.45) is 3.61. The van der Waals surface area contributed by atoms with Crippen LogP contribution in [0.5, 0.6) is 5.75 Å². The third kappa shape index (κ3) is 4.09. The summed E-state index contributed by atoms with van der Waals surface area (Å²) in [5.74, 6) is -1.03. The molecule has 0 spiro atoms. The van der Waals surface area contributed by atoms with E-state index in [0.717, 1.165) is 19.3 Å². The number of H-pyrrole nitrogens is 1. The fourth-order valence-electron chi connectivity index (χ4n) is 6.01. The number of fused-ring (bicyclic) bond motifs is 2. The number of aromatic nitrogens is 1. The molecular weight excluding hydrogens is 453 g/mol. The minimum atomic E-state index is -0.819. The molecule has 3 aliphatic rings. The molecule has 2 aromatic rings. The van der Waals surface area contributed by atoms with E-state index in [1.54, 1.807) is 11.0 Å². The van der Waals surface area contributed by atoms with Crippen molar-refractivity contribution >= 4 is 28.6 Å². The molecule has 3 heterocycles. The molecule has 0 unspecified atom stereocenters. The van der Waals surface area contributed by atoms with E-state index in [2.05, 4.69) is 21.7 Å². The summed E-state index contributed by atoms with van der Waals surface area (Å²) in [6, 6.07) is 4.89. The van der Waals surface area contributed by atoms with Crippen LogP contribution in [0.4, 0.5) is 4.39 Å². The predicted molar refractivity (Wildman–Crippen MR) is 124 cm³/mol. The number of methoxy groups -OCH3 is 1. The highest BCUT2D eigenvalue weighted by molar-refractivity contribution is 6.02. The quantitative estimate of drug-likeness (QED) is 0.582. The Balaban J connectivity index is 1.39. The first-order valence-electron chi connectivity index (χ1n) is 12.0. The molecule has 9 nitrogen and oxygen atoms in total. The Hall–Kier alpha value is -3.61. The van der Waals surface area contributed by atoms with Gasteiger partial charge in [-0.3, -0.25) is 14.4 Å². The van der Waals surface area contributed by atoms with Gasteiger partial charge in [0.2, 0.25) is 11.8 Å². The van der Waals surface area contributed by atoms with E-state index in [-0.39, 0.29) is 53.1 Å². The maximum Gasteiger partial charge on any atom is 0.271 e. The molecule has 2 saturated heterocycles. The van der Waals surface area contributed by atoms with Crippen LogP contribution in [0.2, 0.25) is 0 Å². The number of aromatic amines is 1. The third-order valence-electron chi connectivity index (χ3n) is 7.73. The van der Waals surface area contributed by atoms with E-state index in [1.807, 2.05) is 0 Å². The molecule has 3 amide bonds. The topological polar surface area (TPSA) is 127 Å². The number of amides is 3. The number of rotatable bonds is 6. The number of nitriles is 1. The van der Waals surface area contributed by atoms with Crippen molar-refractivity contribution in [1.82, 2.24) is 20.5 Å². The second-order valence-corrected chi connectivity index (χ2v) is 9.68. The summed E-state index contributed by atoms with van der Waals surface area (Å²) in [5.41, 5.74) is 0.355. The highest BCUT2D eigenvalue weighted by Crippen LogP contribution is 2.43. The number of nitrogens with zero attached hydrogens (tertiary/aromatic N) is 2. The van der Waals surface area contributed by atoms with E-state index in [0.29, 0.717) is 30.6 Å². The summed E-state index contributed by atoms with van der Waals surface area (Å²) >= 11 is 0. The van der Waals surface area contributed by atoms with Crippen LogP contribution in [-0.2, 0) is 9.59 Å². The van der Waals surface area contributed by atoms with Gasteiger partial charge in [-0.2, -0.15) is 5.26 Å². The number of nitrogens with one attached hydrogen (secondary N) is 3. The van der Waals surface area contributed by atoms with Crippen molar-refractivity contribution < 1.29 is 23.5 Å². The summed E-state index contributed by atoms with van der Waals surface area (Å²) in [7, 11) is 1.48. The molecule has 1 aliphatic carbocycles. The molecule has 3 fully saturated rings. The normalized spacial score (nSPS) is 26.3. The van der Waals surface area contributed by atoms with Crippen molar-refractivity contribution in [1.29, 1.82) is 5.26 Å². The third-order valence-corrected chi connectivity index (χ3v) is 7.73. The summed E-state index contributed by atoms with van der Waals surface area (Å²) in [6.45, 7) is 0.999. The van der Waals surface area contributed by atoms with Crippen molar-refractivity contribution in [3.8, 4) is 11.8 Å². The molecular formula is C25H28FN5O4. The smallest absolute Gasteiger partial charge is 0.271 e. The maximum atomic E-state index is 14.4. The van der Waals surface area contributed by atoms with E-state index in [4.69, 9.17) is 4.74 Å². The van der Waals surface area contributed by atoms with E-state index < -0.39 is 17.9 Å². The first kappa shape index (κ1) is 23.1. The molecule has 10 heteroatoms. The van der Waals surface area contributed by atoms with Crippen molar-refractivity contribution in [2.24, 2.45) is 17.8 Å². The van der Waals surface area contributed by atoms with Gasteiger partial charge >= 0.3 is 0 Å². The Morgan fingerprint density at radius 2 is 2.17 bits per heavy atom. The molecule has 5 atom stereocenters. The van der Waals surface area contributed by atoms with Crippen LogP contribution >= 0.6 is 0 Å². The van der Waals surface area contributed by atoms with Gasteiger partial charge in [0.25, 0.3) is 5.91 Å². The highest BCUT2D eigenvalue weighted by atomic mass is 19.1. The lowest BCUT2D eigenvalue weighted by Crippen LogP contribution is -2.51. The first-order chi connectivity index (χ1) is 16.9. The number of likely N-dealkylation sites (tertiary alicyclic amines) is 1. The lowest BCUT2D eigenvalue weighted by molar-refractivity contribution is -0.127. The lowest BCUT2D eigenvalue weighted by Gasteiger charge is -2.28. The van der Waals surface area contributed by atoms with Crippen molar-refractivity contribution in [2.45, 2.75) is 44.2 Å². The Labute approximate surface area is 202 Å². The second-order valence-electron chi connectivity index (χ2n) is 9.68. The van der Waals surface area contributed by atoms with Gasteiger partial charge in [0.1, 0.15) is 29.3 Å². The molecule has 5 rings (SSSR count). The zero-order valence-corrected chi connectivity index (χ0v) is 19.5. The minimum Gasteiger partial charge on any atom is -0.496 e. The van der Waals surface area contributed by atoms with Crippen LogP contribution in [0.25, 0.3) is 10.9 Å². The monoisotopic (exact) mass is 481 g/mol. The molecule has 0 radical (unpaired) electrons. The number of hydrogen-bond acceptors (Lipinski definition) is 5. The van der Waals surface area contributed by atoms with Crippen LogP contribution in [0.15, 0.2) is 18.2 Å². The Kier molecular flexibility index (Phi) is 6.09. The SMILES string of the molecule is COc1ccc(F)c2[nH]c(C(=O)N3C[C@@H]4CCC[C@@H]4[C@H]3C(=O)N[C@H](C#N)C[C@@H]3CCNC3=O)cc12. The first-order valence-corrected chi connectivity index (χ1v) is 12.0. The van der Waals surface area contributed by atoms with Gasteiger partial charge in [-0.15, -0.1) is 0 Å².